The van der Waals surface area contributed by atoms with Gasteiger partial charge in [0.1, 0.15) is 0 Å². The summed E-state index contributed by atoms with van der Waals surface area (Å²) in [6.45, 7) is 2.16. The van der Waals surface area contributed by atoms with Gasteiger partial charge in [-0.2, -0.15) is 0 Å². The van der Waals surface area contributed by atoms with Gasteiger partial charge in [-0.05, 0) is 36.6 Å². The lowest BCUT2D eigenvalue weighted by Crippen LogP contribution is -2.08. The normalized spacial score (nSPS) is 19.7. The maximum atomic E-state index is 6.33. The van der Waals surface area contributed by atoms with Crippen LogP contribution in [0, 0.1) is 0 Å². The van der Waals surface area contributed by atoms with Crippen LogP contribution < -0.4 is 5.32 Å². The predicted molar refractivity (Wildman–Crippen MR) is 68.8 cm³/mol. The van der Waals surface area contributed by atoms with Crippen molar-refractivity contribution in [2.45, 2.75) is 12.3 Å². The largest absolute Gasteiger partial charge is 0.316 e. The van der Waals surface area contributed by atoms with Crippen molar-refractivity contribution in [3.05, 3.63) is 47.5 Å². The summed E-state index contributed by atoms with van der Waals surface area (Å²) in [5.41, 5.74) is 2.31. The molecule has 0 bridgehead atoms. The van der Waals surface area contributed by atoms with Crippen LogP contribution in [0.25, 0.3) is 5.69 Å². The Labute approximate surface area is 105 Å². The Morgan fingerprint density at radius 1 is 1.41 bits per heavy atom. The maximum Gasteiger partial charge on any atom is 0.0992 e. The number of nitrogens with zero attached hydrogens (tertiary/aromatic N) is 2. The van der Waals surface area contributed by atoms with Crippen molar-refractivity contribution in [3.63, 3.8) is 0 Å². The molecule has 2 heterocycles. The highest BCUT2D eigenvalue weighted by Gasteiger charge is 2.17. The fraction of sp³-hybridized carbons (Fsp3) is 0.308. The van der Waals surface area contributed by atoms with Crippen molar-refractivity contribution in [1.82, 2.24) is 14.9 Å². The van der Waals surface area contributed by atoms with E-state index in [0.717, 1.165) is 23.8 Å². The van der Waals surface area contributed by atoms with Crippen LogP contribution in [0.15, 0.2) is 36.9 Å². The van der Waals surface area contributed by atoms with E-state index in [9.17, 15) is 0 Å². The van der Waals surface area contributed by atoms with Gasteiger partial charge in [0.25, 0.3) is 0 Å². The molecule has 2 aromatic rings. The molecule has 3 nitrogen and oxygen atoms in total. The molecule has 88 valence electrons. The Balaban J connectivity index is 1.94. The van der Waals surface area contributed by atoms with Crippen LogP contribution in [-0.2, 0) is 0 Å². The van der Waals surface area contributed by atoms with E-state index < -0.39 is 0 Å². The Morgan fingerprint density at radius 3 is 3.00 bits per heavy atom. The lowest BCUT2D eigenvalue weighted by Gasteiger charge is -2.12. The average molecular weight is 248 g/mol. The zero-order valence-corrected chi connectivity index (χ0v) is 10.2. The van der Waals surface area contributed by atoms with Gasteiger partial charge in [0.05, 0.1) is 17.0 Å². The van der Waals surface area contributed by atoms with Crippen LogP contribution in [0.5, 0.6) is 0 Å². The highest BCUT2D eigenvalue weighted by Crippen LogP contribution is 2.28. The van der Waals surface area contributed by atoms with E-state index in [2.05, 4.69) is 28.5 Å². The second kappa shape index (κ2) is 4.51. The molecular weight excluding hydrogens is 234 g/mol. The fourth-order valence-electron chi connectivity index (χ4n) is 2.33. The molecule has 1 fully saturated rings. The van der Waals surface area contributed by atoms with Gasteiger partial charge >= 0.3 is 0 Å². The van der Waals surface area contributed by atoms with Crippen molar-refractivity contribution in [1.29, 1.82) is 0 Å². The third kappa shape index (κ3) is 2.08. The van der Waals surface area contributed by atoms with Crippen LogP contribution in [0.1, 0.15) is 17.9 Å². The molecule has 1 aromatic carbocycles. The van der Waals surface area contributed by atoms with Gasteiger partial charge in [0.15, 0.2) is 0 Å². The van der Waals surface area contributed by atoms with Crippen LogP contribution in [0.3, 0.4) is 0 Å². The van der Waals surface area contributed by atoms with Gasteiger partial charge in [-0.3, -0.25) is 0 Å². The number of hydrogen-bond acceptors (Lipinski definition) is 2. The number of benzene rings is 1. The van der Waals surface area contributed by atoms with Crippen molar-refractivity contribution >= 4 is 11.6 Å². The highest BCUT2D eigenvalue weighted by atomic mass is 35.5. The van der Waals surface area contributed by atoms with Crippen molar-refractivity contribution < 1.29 is 0 Å². The molecule has 4 heteroatoms. The van der Waals surface area contributed by atoms with E-state index in [4.69, 9.17) is 11.6 Å². The van der Waals surface area contributed by atoms with Gasteiger partial charge in [-0.1, -0.05) is 17.7 Å². The van der Waals surface area contributed by atoms with Gasteiger partial charge in [0, 0.05) is 18.9 Å². The minimum Gasteiger partial charge on any atom is -0.316 e. The predicted octanol–water partition coefficient (Wildman–Crippen LogP) is 2.60. The molecule has 1 aliphatic rings. The second-order valence-electron chi connectivity index (χ2n) is 4.37. The molecule has 17 heavy (non-hydrogen) atoms. The Bertz CT molecular complexity index is 501. The number of rotatable bonds is 2. The second-order valence-corrected chi connectivity index (χ2v) is 4.78. The summed E-state index contributed by atoms with van der Waals surface area (Å²) in [6.07, 6.45) is 6.61. The molecule has 1 atom stereocenters. The zero-order chi connectivity index (χ0) is 11.7. The monoisotopic (exact) mass is 247 g/mol. The summed E-state index contributed by atoms with van der Waals surface area (Å²) < 4.78 is 1.93. The summed E-state index contributed by atoms with van der Waals surface area (Å²) in [7, 11) is 0. The summed E-state index contributed by atoms with van der Waals surface area (Å²) >= 11 is 6.33. The average Bonchev–Trinajstić information content (AvgIpc) is 3.02. The molecule has 1 N–H and O–H groups in total. The number of nitrogens with one attached hydrogen (secondary N) is 1. The number of halogens is 1. The fourth-order valence-corrected chi connectivity index (χ4v) is 2.61. The molecule has 1 aliphatic heterocycles. The van der Waals surface area contributed by atoms with E-state index in [1.807, 2.05) is 10.8 Å². The molecule has 3 rings (SSSR count). The summed E-state index contributed by atoms with van der Waals surface area (Å²) in [5.74, 6) is 0.601. The van der Waals surface area contributed by atoms with E-state index in [-0.39, 0.29) is 0 Å². The van der Waals surface area contributed by atoms with E-state index in [1.165, 1.54) is 12.0 Å². The van der Waals surface area contributed by atoms with Gasteiger partial charge in [0.2, 0.25) is 0 Å². The number of hydrogen-bond donors (Lipinski definition) is 1. The quantitative estimate of drug-likeness (QED) is 0.884. The third-order valence-corrected chi connectivity index (χ3v) is 3.59. The first-order chi connectivity index (χ1) is 8.34. The lowest BCUT2D eigenvalue weighted by molar-refractivity contribution is 0.763. The first-order valence-corrected chi connectivity index (χ1v) is 6.21. The molecule has 1 unspecified atom stereocenters. The van der Waals surface area contributed by atoms with Gasteiger partial charge in [-0.25, -0.2) is 4.98 Å². The summed E-state index contributed by atoms with van der Waals surface area (Å²) in [6, 6.07) is 6.31. The Morgan fingerprint density at radius 2 is 2.35 bits per heavy atom. The number of aromatic nitrogens is 2. The molecule has 0 saturated carbocycles. The van der Waals surface area contributed by atoms with E-state index in [1.54, 1.807) is 12.5 Å². The Kier molecular flexibility index (Phi) is 2.87. The van der Waals surface area contributed by atoms with Crippen molar-refractivity contribution in [2.75, 3.05) is 13.1 Å². The highest BCUT2D eigenvalue weighted by molar-refractivity contribution is 6.32. The van der Waals surface area contributed by atoms with Crippen molar-refractivity contribution in [3.8, 4) is 5.69 Å². The summed E-state index contributed by atoms with van der Waals surface area (Å²) in [5, 5.41) is 4.16. The first kappa shape index (κ1) is 10.8. The molecule has 1 saturated heterocycles. The standard InChI is InChI=1S/C13H14ClN3/c14-12-7-10(11-3-4-15-8-11)1-2-13(12)17-6-5-16-9-17/h1-2,5-7,9,11,15H,3-4,8H2. The summed E-state index contributed by atoms with van der Waals surface area (Å²) in [4.78, 5) is 4.03. The number of imidazole rings is 1. The zero-order valence-electron chi connectivity index (χ0n) is 9.44. The molecular formula is C13H14ClN3. The minimum absolute atomic E-state index is 0.601. The van der Waals surface area contributed by atoms with Gasteiger partial charge < -0.3 is 9.88 Å². The Hall–Kier alpha value is -1.32. The SMILES string of the molecule is Clc1cc(C2CCNC2)ccc1-n1ccnc1. The first-order valence-electron chi connectivity index (χ1n) is 5.83. The van der Waals surface area contributed by atoms with Crippen LogP contribution >= 0.6 is 11.6 Å². The smallest absolute Gasteiger partial charge is 0.0992 e. The topological polar surface area (TPSA) is 29.9 Å². The maximum absolute atomic E-state index is 6.33. The minimum atomic E-state index is 0.601. The molecule has 0 amide bonds. The lowest BCUT2D eigenvalue weighted by atomic mass is 9.98. The molecule has 1 aromatic heterocycles. The van der Waals surface area contributed by atoms with E-state index >= 15 is 0 Å². The molecule has 0 aliphatic carbocycles. The van der Waals surface area contributed by atoms with Crippen molar-refractivity contribution in [2.24, 2.45) is 0 Å². The van der Waals surface area contributed by atoms with Crippen LogP contribution in [-0.4, -0.2) is 22.6 Å². The third-order valence-electron chi connectivity index (χ3n) is 3.29. The van der Waals surface area contributed by atoms with Crippen LogP contribution in [0.4, 0.5) is 0 Å². The molecule has 0 radical (unpaired) electrons. The van der Waals surface area contributed by atoms with Gasteiger partial charge in [-0.15, -0.1) is 0 Å². The van der Waals surface area contributed by atoms with E-state index in [0.29, 0.717) is 5.92 Å². The molecule has 0 spiro atoms. The van der Waals surface area contributed by atoms with Crippen LogP contribution in [0.2, 0.25) is 5.02 Å².